The van der Waals surface area contributed by atoms with Crippen molar-refractivity contribution in [3.8, 4) is 5.88 Å². The van der Waals surface area contributed by atoms with Gasteiger partial charge in [0, 0.05) is 11.6 Å². The fourth-order valence-corrected chi connectivity index (χ4v) is 1.18. The van der Waals surface area contributed by atoms with E-state index in [9.17, 15) is 14.9 Å². The van der Waals surface area contributed by atoms with Gasteiger partial charge in [0.25, 0.3) is 5.69 Å². The smallest absolute Gasteiger partial charge is 0.341 e. The highest BCUT2D eigenvalue weighted by molar-refractivity contribution is 5.90. The Kier molecular flexibility index (Phi) is 4.61. The van der Waals surface area contributed by atoms with Crippen LogP contribution in [0.4, 0.5) is 5.69 Å². The molecule has 1 N–H and O–H groups in total. The van der Waals surface area contributed by atoms with E-state index >= 15 is 0 Å². The minimum Gasteiger partial charge on any atom is -0.477 e. The van der Waals surface area contributed by atoms with Crippen molar-refractivity contribution >= 4 is 11.7 Å². The molecule has 1 heterocycles. The molecule has 1 aromatic heterocycles. The molecule has 0 amide bonds. The summed E-state index contributed by atoms with van der Waals surface area (Å²) in [5.74, 6) is -1.45. The summed E-state index contributed by atoms with van der Waals surface area (Å²) < 4.78 is 5.40. The van der Waals surface area contributed by atoms with Gasteiger partial charge in [0.15, 0.2) is 0 Å². The first kappa shape index (κ1) is 15.8. The first-order valence-corrected chi connectivity index (χ1v) is 5.83. The number of rotatable bonds is 6. The molecule has 1 aromatic rings. The maximum atomic E-state index is 11.1. The van der Waals surface area contributed by atoms with Crippen molar-refractivity contribution < 1.29 is 19.6 Å². The maximum absolute atomic E-state index is 11.1. The molecule has 0 aromatic carbocycles. The van der Waals surface area contributed by atoms with Crippen LogP contribution in [0.3, 0.4) is 0 Å². The van der Waals surface area contributed by atoms with Crippen LogP contribution >= 0.6 is 0 Å². The summed E-state index contributed by atoms with van der Waals surface area (Å²) in [6.45, 7) is 4.03. The minimum atomic E-state index is -1.32. The lowest BCUT2D eigenvalue weighted by Gasteiger charge is -2.32. The first-order chi connectivity index (χ1) is 9.15. The van der Waals surface area contributed by atoms with E-state index in [1.54, 1.807) is 0 Å². The predicted octanol–water partition coefficient (Wildman–Crippen LogP) is 1.41. The number of hydrogen-bond donors (Lipinski definition) is 1. The molecule has 110 valence electrons. The first-order valence-electron chi connectivity index (χ1n) is 5.83. The van der Waals surface area contributed by atoms with Crippen molar-refractivity contribution in [2.24, 2.45) is 0 Å². The van der Waals surface area contributed by atoms with Gasteiger partial charge in [0.05, 0.1) is 4.92 Å². The number of aromatic carboxylic acids is 1. The molecule has 0 aliphatic heterocycles. The normalized spacial score (nSPS) is 11.4. The van der Waals surface area contributed by atoms with Gasteiger partial charge < -0.3 is 14.7 Å². The zero-order chi connectivity index (χ0) is 15.5. The average molecular weight is 283 g/mol. The number of carbonyl (C=O) groups is 1. The van der Waals surface area contributed by atoms with E-state index in [4.69, 9.17) is 9.84 Å². The van der Waals surface area contributed by atoms with Gasteiger partial charge in [-0.3, -0.25) is 10.1 Å². The summed E-state index contributed by atoms with van der Waals surface area (Å²) in [6.07, 6.45) is 0.977. The summed E-state index contributed by atoms with van der Waals surface area (Å²) in [5.41, 5.74) is -1.05. The zero-order valence-corrected chi connectivity index (χ0v) is 11.8. The Balaban J connectivity index is 3.01. The molecule has 0 aliphatic rings. The second-order valence-corrected chi connectivity index (χ2v) is 5.10. The zero-order valence-electron chi connectivity index (χ0n) is 11.8. The lowest BCUT2D eigenvalue weighted by atomic mass is 10.1. The summed E-state index contributed by atoms with van der Waals surface area (Å²) in [4.78, 5) is 26.7. The van der Waals surface area contributed by atoms with E-state index < -0.39 is 10.9 Å². The topological polar surface area (TPSA) is 106 Å². The molecule has 1 rings (SSSR count). The fraction of sp³-hybridized carbons (Fsp3) is 0.500. The molecule has 8 heteroatoms. The highest BCUT2D eigenvalue weighted by atomic mass is 16.6. The Labute approximate surface area is 116 Å². The quantitative estimate of drug-likeness (QED) is 0.621. The second-order valence-electron chi connectivity index (χ2n) is 5.10. The number of nitro groups is 1. The summed E-state index contributed by atoms with van der Waals surface area (Å²) >= 11 is 0. The summed E-state index contributed by atoms with van der Waals surface area (Å²) in [6, 6.07) is 0.938. The van der Waals surface area contributed by atoms with Gasteiger partial charge in [-0.15, -0.1) is 0 Å². The third-order valence-electron chi connectivity index (χ3n) is 3.05. The third-order valence-corrected chi connectivity index (χ3v) is 3.05. The molecular weight excluding hydrogens is 266 g/mol. The molecule has 0 radical (unpaired) electrons. The average Bonchev–Trinajstić information content (AvgIpc) is 2.35. The van der Waals surface area contributed by atoms with Gasteiger partial charge in [0.2, 0.25) is 5.88 Å². The van der Waals surface area contributed by atoms with Crippen molar-refractivity contribution in [1.82, 2.24) is 9.88 Å². The Hall–Kier alpha value is -2.22. The van der Waals surface area contributed by atoms with Crippen molar-refractivity contribution in [3.05, 3.63) is 27.9 Å². The van der Waals surface area contributed by atoms with E-state index in [2.05, 4.69) is 4.98 Å². The second kappa shape index (κ2) is 5.83. The Morgan fingerprint density at radius 2 is 2.15 bits per heavy atom. The molecule has 0 aliphatic carbocycles. The number of aromatic nitrogens is 1. The lowest BCUT2D eigenvalue weighted by Crippen LogP contribution is -2.43. The molecule has 0 spiro atoms. The van der Waals surface area contributed by atoms with Crippen molar-refractivity contribution in [3.63, 3.8) is 0 Å². The number of carboxylic acid groups (broad SMARTS) is 1. The highest BCUT2D eigenvalue weighted by Crippen LogP contribution is 2.22. The molecular formula is C12H17N3O5. The molecule has 20 heavy (non-hydrogen) atoms. The minimum absolute atomic E-state index is 0.127. The number of nitrogens with zero attached hydrogens (tertiary/aromatic N) is 3. The van der Waals surface area contributed by atoms with Gasteiger partial charge in [-0.05, 0) is 27.9 Å². The Morgan fingerprint density at radius 3 is 2.60 bits per heavy atom. The number of hydrogen-bond acceptors (Lipinski definition) is 6. The number of ether oxygens (including phenoxy) is 1. The fourth-order valence-electron chi connectivity index (χ4n) is 1.18. The largest absolute Gasteiger partial charge is 0.477 e. The number of carboxylic acids is 1. The molecule has 0 unspecified atom stereocenters. The van der Waals surface area contributed by atoms with Crippen LogP contribution in [0.25, 0.3) is 0 Å². The van der Waals surface area contributed by atoms with Crippen LogP contribution < -0.4 is 4.74 Å². The number of likely N-dealkylation sites (N-methyl/N-ethyl adjacent to an activating group) is 1. The molecule has 0 saturated heterocycles. The standard InChI is InChI=1S/C12H17N3O5/c1-12(2,14(3)4)7-20-10-9(11(16)17)5-8(6-13-10)15(18)19/h5-6H,7H2,1-4H3,(H,16,17). The van der Waals surface area contributed by atoms with Gasteiger partial charge in [-0.1, -0.05) is 0 Å². The van der Waals surface area contributed by atoms with Crippen LogP contribution in [0.5, 0.6) is 5.88 Å². The van der Waals surface area contributed by atoms with Gasteiger partial charge >= 0.3 is 5.97 Å². The predicted molar refractivity (Wildman–Crippen MR) is 71.1 cm³/mol. The van der Waals surface area contributed by atoms with Gasteiger partial charge in [0.1, 0.15) is 18.4 Å². The Bertz CT molecular complexity index is 528. The van der Waals surface area contributed by atoms with Gasteiger partial charge in [-0.2, -0.15) is 0 Å². The van der Waals surface area contributed by atoms with Crippen LogP contribution in [0.1, 0.15) is 24.2 Å². The lowest BCUT2D eigenvalue weighted by molar-refractivity contribution is -0.385. The Morgan fingerprint density at radius 1 is 1.55 bits per heavy atom. The van der Waals surface area contributed by atoms with E-state index in [0.717, 1.165) is 12.3 Å². The molecule has 0 fully saturated rings. The van der Waals surface area contributed by atoms with Crippen LogP contribution in [-0.2, 0) is 0 Å². The SMILES string of the molecule is CN(C)C(C)(C)COc1ncc([N+](=O)[O-])cc1C(=O)O. The molecule has 8 nitrogen and oxygen atoms in total. The third kappa shape index (κ3) is 3.64. The van der Waals surface area contributed by atoms with E-state index in [1.165, 1.54) is 0 Å². The van der Waals surface area contributed by atoms with Crippen LogP contribution in [0.15, 0.2) is 12.3 Å². The summed E-state index contributed by atoms with van der Waals surface area (Å²) in [5, 5.41) is 19.7. The highest BCUT2D eigenvalue weighted by Gasteiger charge is 2.24. The van der Waals surface area contributed by atoms with Crippen LogP contribution in [0.2, 0.25) is 0 Å². The van der Waals surface area contributed by atoms with Crippen LogP contribution in [0, 0.1) is 10.1 Å². The van der Waals surface area contributed by atoms with Gasteiger partial charge in [-0.25, -0.2) is 9.78 Å². The van der Waals surface area contributed by atoms with Crippen molar-refractivity contribution in [2.45, 2.75) is 19.4 Å². The number of pyridine rings is 1. The molecule has 0 saturated carbocycles. The van der Waals surface area contributed by atoms with Crippen molar-refractivity contribution in [2.75, 3.05) is 20.7 Å². The van der Waals surface area contributed by atoms with Crippen LogP contribution in [-0.4, -0.2) is 52.1 Å². The summed E-state index contributed by atoms with van der Waals surface area (Å²) in [7, 11) is 3.73. The maximum Gasteiger partial charge on any atom is 0.341 e. The monoisotopic (exact) mass is 283 g/mol. The molecule has 0 bridgehead atoms. The van der Waals surface area contributed by atoms with Crippen molar-refractivity contribution in [1.29, 1.82) is 0 Å². The van der Waals surface area contributed by atoms with E-state index in [0.29, 0.717) is 0 Å². The molecule has 0 atom stereocenters. The van der Waals surface area contributed by atoms with E-state index in [1.807, 2.05) is 32.8 Å². The van der Waals surface area contributed by atoms with E-state index in [-0.39, 0.29) is 29.3 Å².